The summed E-state index contributed by atoms with van der Waals surface area (Å²) in [7, 11) is 3.03. The fourth-order valence-corrected chi connectivity index (χ4v) is 2.56. The van der Waals surface area contributed by atoms with Gasteiger partial charge in [-0.25, -0.2) is 0 Å². The van der Waals surface area contributed by atoms with Crippen LogP contribution in [0.4, 0.5) is 11.4 Å². The lowest BCUT2D eigenvalue weighted by Gasteiger charge is -2.23. The molecule has 0 aliphatic heterocycles. The number of nitrogens with one attached hydrogen (secondary N) is 1. The van der Waals surface area contributed by atoms with Crippen LogP contribution in [0, 0.1) is 0 Å². The van der Waals surface area contributed by atoms with E-state index in [1.54, 1.807) is 36.4 Å². The summed E-state index contributed by atoms with van der Waals surface area (Å²) in [5.41, 5.74) is 1.00. The summed E-state index contributed by atoms with van der Waals surface area (Å²) < 4.78 is 16.1. The molecule has 2 aromatic carbocycles. The monoisotopic (exact) mass is 372 g/mol. The van der Waals surface area contributed by atoms with Gasteiger partial charge in [0.15, 0.2) is 0 Å². The molecule has 0 bridgehead atoms. The number of carbonyl (C=O) groups is 2. The molecule has 0 saturated carbocycles. The van der Waals surface area contributed by atoms with E-state index < -0.39 is 0 Å². The number of hydrogen-bond donors (Lipinski definition) is 1. The van der Waals surface area contributed by atoms with Crippen molar-refractivity contribution < 1.29 is 23.8 Å². The van der Waals surface area contributed by atoms with Gasteiger partial charge >= 0.3 is 0 Å². The number of carbonyl (C=O) groups excluding carboxylic acids is 2. The van der Waals surface area contributed by atoms with Crippen molar-refractivity contribution in [2.45, 2.75) is 13.8 Å². The van der Waals surface area contributed by atoms with Crippen LogP contribution < -0.4 is 24.4 Å². The summed E-state index contributed by atoms with van der Waals surface area (Å²) in [6.07, 6.45) is 0. The molecule has 1 N–H and O–H groups in total. The summed E-state index contributed by atoms with van der Waals surface area (Å²) >= 11 is 0. The van der Waals surface area contributed by atoms with Gasteiger partial charge in [-0.3, -0.25) is 14.5 Å². The smallest absolute Gasteiger partial charge is 0.244 e. The van der Waals surface area contributed by atoms with Gasteiger partial charge < -0.3 is 19.5 Å². The molecule has 0 fully saturated rings. The number of anilines is 2. The van der Waals surface area contributed by atoms with Crippen LogP contribution in [0.2, 0.25) is 0 Å². The molecule has 0 heterocycles. The Morgan fingerprint density at radius 2 is 1.78 bits per heavy atom. The zero-order chi connectivity index (χ0) is 19.8. The Hall–Kier alpha value is -3.22. The molecule has 0 aromatic heterocycles. The van der Waals surface area contributed by atoms with Crippen LogP contribution in [0.25, 0.3) is 0 Å². The molecule has 7 nitrogen and oxygen atoms in total. The molecule has 2 rings (SSSR count). The van der Waals surface area contributed by atoms with E-state index in [0.29, 0.717) is 35.2 Å². The number of methoxy groups -OCH3 is 2. The number of amides is 2. The van der Waals surface area contributed by atoms with Crippen molar-refractivity contribution in [3.63, 3.8) is 0 Å². The Balaban J connectivity index is 2.24. The lowest BCUT2D eigenvalue weighted by molar-refractivity contribution is -0.120. The number of rotatable bonds is 8. The number of benzene rings is 2. The first-order valence-electron chi connectivity index (χ1n) is 8.52. The molecular weight excluding hydrogens is 348 g/mol. The van der Waals surface area contributed by atoms with E-state index in [2.05, 4.69) is 5.32 Å². The van der Waals surface area contributed by atoms with Crippen molar-refractivity contribution in [2.24, 2.45) is 0 Å². The van der Waals surface area contributed by atoms with Gasteiger partial charge in [0.1, 0.15) is 23.8 Å². The minimum atomic E-state index is -0.359. The lowest BCUT2D eigenvalue weighted by atomic mass is 10.2. The molecule has 0 aliphatic carbocycles. The molecule has 0 unspecified atom stereocenters. The number of para-hydroxylation sites is 2. The van der Waals surface area contributed by atoms with Gasteiger partial charge in [0.05, 0.1) is 32.2 Å². The van der Waals surface area contributed by atoms with E-state index in [1.165, 1.54) is 26.0 Å². The van der Waals surface area contributed by atoms with Crippen LogP contribution in [0.3, 0.4) is 0 Å². The van der Waals surface area contributed by atoms with Crippen molar-refractivity contribution in [3.8, 4) is 17.2 Å². The molecule has 0 atom stereocenters. The minimum Gasteiger partial charge on any atom is -0.497 e. The van der Waals surface area contributed by atoms with Crippen LogP contribution in [-0.2, 0) is 9.59 Å². The minimum absolute atomic E-state index is 0.181. The number of nitrogens with zero attached hydrogens (tertiary/aromatic N) is 1. The lowest BCUT2D eigenvalue weighted by Crippen LogP contribution is -2.37. The van der Waals surface area contributed by atoms with Crippen molar-refractivity contribution >= 4 is 23.2 Å². The van der Waals surface area contributed by atoms with Crippen LogP contribution in [0.5, 0.6) is 17.2 Å². The Bertz CT molecular complexity index is 807. The third-order valence-electron chi connectivity index (χ3n) is 3.82. The van der Waals surface area contributed by atoms with E-state index >= 15 is 0 Å². The van der Waals surface area contributed by atoms with Crippen LogP contribution in [-0.4, -0.2) is 39.2 Å². The maximum Gasteiger partial charge on any atom is 0.244 e. The van der Waals surface area contributed by atoms with Crippen molar-refractivity contribution in [3.05, 3.63) is 42.5 Å². The largest absolute Gasteiger partial charge is 0.497 e. The standard InChI is InChI=1S/C20H24N2O5/c1-5-27-18-9-7-6-8-16(18)21-20(24)13-22(14(2)23)17-12-15(25-3)10-11-19(17)26-4/h6-12H,5,13H2,1-4H3,(H,21,24). The number of ether oxygens (including phenoxy) is 3. The summed E-state index contributed by atoms with van der Waals surface area (Å²) in [4.78, 5) is 26.1. The third kappa shape index (κ3) is 5.13. The third-order valence-corrected chi connectivity index (χ3v) is 3.82. The second-order valence-electron chi connectivity index (χ2n) is 5.62. The van der Waals surface area contributed by atoms with Gasteiger partial charge in [-0.15, -0.1) is 0 Å². The van der Waals surface area contributed by atoms with E-state index in [0.717, 1.165) is 0 Å². The highest BCUT2D eigenvalue weighted by atomic mass is 16.5. The molecule has 7 heteroatoms. The fourth-order valence-electron chi connectivity index (χ4n) is 2.56. The first kappa shape index (κ1) is 20.1. The van der Waals surface area contributed by atoms with Gasteiger partial charge in [-0.1, -0.05) is 12.1 Å². The second kappa shape index (κ2) is 9.47. The summed E-state index contributed by atoms with van der Waals surface area (Å²) in [5.74, 6) is 0.936. The van der Waals surface area contributed by atoms with E-state index in [4.69, 9.17) is 14.2 Å². The zero-order valence-electron chi connectivity index (χ0n) is 15.9. The van der Waals surface area contributed by atoms with Crippen molar-refractivity contribution in [1.82, 2.24) is 0 Å². The Labute approximate surface area is 158 Å². The second-order valence-corrected chi connectivity index (χ2v) is 5.62. The van der Waals surface area contributed by atoms with E-state index in [9.17, 15) is 9.59 Å². The highest BCUT2D eigenvalue weighted by molar-refractivity contribution is 6.03. The molecule has 0 saturated heterocycles. The maximum absolute atomic E-state index is 12.6. The topological polar surface area (TPSA) is 77.1 Å². The number of hydrogen-bond acceptors (Lipinski definition) is 5. The predicted molar refractivity (Wildman–Crippen MR) is 104 cm³/mol. The first-order valence-corrected chi connectivity index (χ1v) is 8.52. The van der Waals surface area contributed by atoms with Gasteiger partial charge in [-0.05, 0) is 31.2 Å². The van der Waals surface area contributed by atoms with Gasteiger partial charge in [-0.2, -0.15) is 0 Å². The predicted octanol–water partition coefficient (Wildman–Crippen LogP) is 3.09. The SMILES string of the molecule is CCOc1ccccc1NC(=O)CN(C(C)=O)c1cc(OC)ccc1OC. The highest BCUT2D eigenvalue weighted by Crippen LogP contribution is 2.32. The van der Waals surface area contributed by atoms with Gasteiger partial charge in [0.2, 0.25) is 11.8 Å². The Morgan fingerprint density at radius 1 is 1.04 bits per heavy atom. The summed E-state index contributed by atoms with van der Waals surface area (Å²) in [5, 5.41) is 2.79. The quantitative estimate of drug-likeness (QED) is 0.770. The van der Waals surface area contributed by atoms with Crippen molar-refractivity contribution in [1.29, 1.82) is 0 Å². The zero-order valence-corrected chi connectivity index (χ0v) is 15.9. The first-order chi connectivity index (χ1) is 13.0. The molecule has 2 amide bonds. The maximum atomic E-state index is 12.6. The molecule has 27 heavy (non-hydrogen) atoms. The average molecular weight is 372 g/mol. The molecule has 144 valence electrons. The normalized spacial score (nSPS) is 10.1. The molecule has 0 spiro atoms. The summed E-state index contributed by atoms with van der Waals surface area (Å²) in [6, 6.07) is 12.2. The molecule has 2 aromatic rings. The van der Waals surface area contributed by atoms with E-state index in [-0.39, 0.29) is 18.4 Å². The summed E-state index contributed by atoms with van der Waals surface area (Å²) in [6.45, 7) is 3.55. The molecule has 0 radical (unpaired) electrons. The van der Waals surface area contributed by atoms with Crippen LogP contribution in [0.15, 0.2) is 42.5 Å². The highest BCUT2D eigenvalue weighted by Gasteiger charge is 2.21. The van der Waals surface area contributed by atoms with Crippen LogP contribution >= 0.6 is 0 Å². The average Bonchev–Trinajstić information content (AvgIpc) is 2.67. The molecule has 0 aliphatic rings. The van der Waals surface area contributed by atoms with Crippen molar-refractivity contribution in [2.75, 3.05) is 37.6 Å². The van der Waals surface area contributed by atoms with Crippen LogP contribution in [0.1, 0.15) is 13.8 Å². The molecular formula is C20H24N2O5. The Morgan fingerprint density at radius 3 is 2.41 bits per heavy atom. The fraction of sp³-hybridized carbons (Fsp3) is 0.300. The van der Waals surface area contributed by atoms with E-state index in [1.807, 2.05) is 13.0 Å². The van der Waals surface area contributed by atoms with Gasteiger partial charge in [0.25, 0.3) is 0 Å². The van der Waals surface area contributed by atoms with Gasteiger partial charge in [0, 0.05) is 13.0 Å². The Kier molecular flexibility index (Phi) is 7.05.